The predicted octanol–water partition coefficient (Wildman–Crippen LogP) is 1.27. The number of nitrogens with zero attached hydrogens (tertiary/aromatic N) is 1. The van der Waals surface area contributed by atoms with Crippen LogP contribution in [0.1, 0.15) is 34.8 Å². The van der Waals surface area contributed by atoms with Crippen molar-refractivity contribution in [2.24, 2.45) is 0 Å². The maximum atomic E-state index is 10.8. The Morgan fingerprint density at radius 2 is 2.21 bits per heavy atom. The van der Waals surface area contributed by atoms with E-state index >= 15 is 0 Å². The summed E-state index contributed by atoms with van der Waals surface area (Å²) in [5.74, 6) is -0.818. The van der Waals surface area contributed by atoms with Crippen LogP contribution in [0.25, 0.3) is 0 Å². The van der Waals surface area contributed by atoms with Gasteiger partial charge in [0.05, 0.1) is 0 Å². The Hall–Kier alpha value is -1.36. The van der Waals surface area contributed by atoms with Crippen molar-refractivity contribution in [1.82, 2.24) is 5.16 Å². The topological polar surface area (TPSA) is 72.6 Å². The van der Waals surface area contributed by atoms with E-state index in [0.29, 0.717) is 18.8 Å². The van der Waals surface area contributed by atoms with E-state index in [0.717, 1.165) is 12.8 Å². The summed E-state index contributed by atoms with van der Waals surface area (Å²) in [7, 11) is 0. The Bertz CT molecular complexity index is 327. The van der Waals surface area contributed by atoms with Crippen LogP contribution < -0.4 is 0 Å². The van der Waals surface area contributed by atoms with Gasteiger partial charge in [-0.3, -0.25) is 0 Å². The van der Waals surface area contributed by atoms with E-state index in [1.165, 1.54) is 6.26 Å². The van der Waals surface area contributed by atoms with Gasteiger partial charge in [-0.1, -0.05) is 5.16 Å². The van der Waals surface area contributed by atoms with E-state index in [4.69, 9.17) is 9.84 Å². The Morgan fingerprint density at radius 1 is 1.50 bits per heavy atom. The van der Waals surface area contributed by atoms with Crippen molar-refractivity contribution in [2.75, 3.05) is 13.2 Å². The van der Waals surface area contributed by atoms with E-state index in [-0.39, 0.29) is 11.6 Å². The van der Waals surface area contributed by atoms with Crippen molar-refractivity contribution in [3.05, 3.63) is 17.5 Å². The molecule has 14 heavy (non-hydrogen) atoms. The highest BCUT2D eigenvalue weighted by atomic mass is 16.5. The Balaban J connectivity index is 2.21. The van der Waals surface area contributed by atoms with Gasteiger partial charge in [-0.15, -0.1) is 0 Å². The molecule has 2 rings (SSSR count). The van der Waals surface area contributed by atoms with Crippen molar-refractivity contribution < 1.29 is 19.2 Å². The van der Waals surface area contributed by atoms with Gasteiger partial charge in [0.1, 0.15) is 6.26 Å². The lowest BCUT2D eigenvalue weighted by molar-refractivity contribution is 0.0675. The molecule has 0 aliphatic carbocycles. The molecule has 5 nitrogen and oxygen atoms in total. The van der Waals surface area contributed by atoms with Crippen LogP contribution in [0.5, 0.6) is 0 Å². The standard InChI is InChI=1S/C9H11NO4/c11-9(12)8-7(5-14-10-8)6-1-3-13-4-2-6/h5-6H,1-4H2,(H,11,12). The summed E-state index contributed by atoms with van der Waals surface area (Å²) in [4.78, 5) is 10.8. The van der Waals surface area contributed by atoms with Crippen LogP contribution >= 0.6 is 0 Å². The highest BCUT2D eigenvalue weighted by Gasteiger charge is 2.24. The average molecular weight is 197 g/mol. The molecule has 1 aliphatic heterocycles. The van der Waals surface area contributed by atoms with Crippen LogP contribution in [-0.2, 0) is 4.74 Å². The zero-order valence-corrected chi connectivity index (χ0v) is 7.60. The Kier molecular flexibility index (Phi) is 2.49. The second kappa shape index (κ2) is 3.79. The fourth-order valence-electron chi connectivity index (χ4n) is 1.71. The van der Waals surface area contributed by atoms with Crippen molar-refractivity contribution in [3.63, 3.8) is 0 Å². The second-order valence-electron chi connectivity index (χ2n) is 3.31. The van der Waals surface area contributed by atoms with Crippen LogP contribution in [-0.4, -0.2) is 29.4 Å². The Labute approximate surface area is 80.6 Å². The summed E-state index contributed by atoms with van der Waals surface area (Å²) >= 11 is 0. The van der Waals surface area contributed by atoms with Crippen molar-refractivity contribution in [3.8, 4) is 0 Å². The third-order valence-electron chi connectivity index (χ3n) is 2.46. The zero-order chi connectivity index (χ0) is 9.97. The van der Waals surface area contributed by atoms with Crippen LogP contribution in [0, 0.1) is 0 Å². The van der Waals surface area contributed by atoms with Gasteiger partial charge in [0, 0.05) is 18.8 Å². The molecule has 1 aromatic rings. The largest absolute Gasteiger partial charge is 0.476 e. The molecular formula is C9H11NO4. The first-order chi connectivity index (χ1) is 6.79. The van der Waals surface area contributed by atoms with Gasteiger partial charge in [0.25, 0.3) is 0 Å². The molecule has 0 radical (unpaired) electrons. The van der Waals surface area contributed by atoms with E-state index in [2.05, 4.69) is 9.68 Å². The van der Waals surface area contributed by atoms with Crippen molar-refractivity contribution >= 4 is 5.97 Å². The number of carboxylic acid groups (broad SMARTS) is 1. The van der Waals surface area contributed by atoms with Crippen LogP contribution in [0.2, 0.25) is 0 Å². The molecule has 1 N–H and O–H groups in total. The normalized spacial score (nSPS) is 18.3. The summed E-state index contributed by atoms with van der Waals surface area (Å²) < 4.78 is 9.89. The fourth-order valence-corrected chi connectivity index (χ4v) is 1.71. The number of aromatic carboxylic acids is 1. The van der Waals surface area contributed by atoms with E-state index in [9.17, 15) is 4.79 Å². The summed E-state index contributed by atoms with van der Waals surface area (Å²) in [6, 6.07) is 0. The highest BCUT2D eigenvalue weighted by Crippen LogP contribution is 2.28. The first-order valence-electron chi connectivity index (χ1n) is 4.54. The predicted molar refractivity (Wildman–Crippen MR) is 46.3 cm³/mol. The number of carboxylic acids is 1. The van der Waals surface area contributed by atoms with Gasteiger partial charge in [-0.05, 0) is 18.8 Å². The smallest absolute Gasteiger partial charge is 0.358 e. The summed E-state index contributed by atoms with van der Waals surface area (Å²) in [5, 5.41) is 12.3. The molecule has 0 spiro atoms. The minimum atomic E-state index is -1.03. The monoisotopic (exact) mass is 197 g/mol. The first kappa shape index (κ1) is 9.21. The molecular weight excluding hydrogens is 186 g/mol. The molecule has 0 amide bonds. The van der Waals surface area contributed by atoms with E-state index < -0.39 is 5.97 Å². The van der Waals surface area contributed by atoms with Crippen LogP contribution in [0.3, 0.4) is 0 Å². The second-order valence-corrected chi connectivity index (χ2v) is 3.31. The first-order valence-corrected chi connectivity index (χ1v) is 4.54. The summed E-state index contributed by atoms with van der Waals surface area (Å²) in [6.07, 6.45) is 3.10. The molecule has 1 saturated heterocycles. The molecule has 76 valence electrons. The SMILES string of the molecule is O=C(O)c1nocc1C1CCOCC1. The fraction of sp³-hybridized carbons (Fsp3) is 0.556. The van der Waals surface area contributed by atoms with Gasteiger partial charge >= 0.3 is 5.97 Å². The van der Waals surface area contributed by atoms with Gasteiger partial charge in [-0.2, -0.15) is 0 Å². The van der Waals surface area contributed by atoms with Crippen LogP contribution in [0.15, 0.2) is 10.8 Å². The number of carbonyl (C=O) groups is 1. The van der Waals surface area contributed by atoms with E-state index in [1.54, 1.807) is 0 Å². The quantitative estimate of drug-likeness (QED) is 0.772. The molecule has 5 heteroatoms. The zero-order valence-electron chi connectivity index (χ0n) is 7.60. The molecule has 0 bridgehead atoms. The summed E-state index contributed by atoms with van der Waals surface area (Å²) in [6.45, 7) is 1.35. The number of rotatable bonds is 2. The maximum absolute atomic E-state index is 10.8. The highest BCUT2D eigenvalue weighted by molar-refractivity contribution is 5.86. The average Bonchev–Trinajstić information content (AvgIpc) is 2.67. The number of hydrogen-bond acceptors (Lipinski definition) is 4. The molecule has 1 aromatic heterocycles. The molecule has 2 heterocycles. The lowest BCUT2D eigenvalue weighted by Gasteiger charge is -2.20. The molecule has 0 saturated carbocycles. The lowest BCUT2D eigenvalue weighted by Crippen LogP contribution is -2.16. The van der Waals surface area contributed by atoms with Gasteiger partial charge < -0.3 is 14.4 Å². The van der Waals surface area contributed by atoms with Gasteiger partial charge in [0.2, 0.25) is 0 Å². The van der Waals surface area contributed by atoms with Crippen molar-refractivity contribution in [1.29, 1.82) is 0 Å². The van der Waals surface area contributed by atoms with Gasteiger partial charge in [0.15, 0.2) is 5.69 Å². The number of ether oxygens (including phenoxy) is 1. The summed E-state index contributed by atoms with van der Waals surface area (Å²) in [5.41, 5.74) is 0.734. The molecule has 1 fully saturated rings. The lowest BCUT2D eigenvalue weighted by atomic mass is 9.92. The number of aromatic nitrogens is 1. The maximum Gasteiger partial charge on any atom is 0.358 e. The molecule has 0 aromatic carbocycles. The molecule has 0 unspecified atom stereocenters. The molecule has 0 atom stereocenters. The van der Waals surface area contributed by atoms with Gasteiger partial charge in [-0.25, -0.2) is 4.79 Å². The third-order valence-corrected chi connectivity index (χ3v) is 2.46. The third kappa shape index (κ3) is 1.63. The minimum absolute atomic E-state index is 0.0388. The molecule has 1 aliphatic rings. The van der Waals surface area contributed by atoms with Crippen molar-refractivity contribution in [2.45, 2.75) is 18.8 Å². The van der Waals surface area contributed by atoms with Crippen LogP contribution in [0.4, 0.5) is 0 Å². The minimum Gasteiger partial charge on any atom is -0.476 e. The Morgan fingerprint density at radius 3 is 2.86 bits per heavy atom. The van der Waals surface area contributed by atoms with E-state index in [1.807, 2.05) is 0 Å². The number of hydrogen-bond donors (Lipinski definition) is 1.